The van der Waals surface area contributed by atoms with Gasteiger partial charge in [-0.1, -0.05) is 46.1 Å². The smallest absolute Gasteiger partial charge is 0.303 e. The topological polar surface area (TPSA) is 130 Å². The van der Waals surface area contributed by atoms with Gasteiger partial charge in [0.25, 0.3) is 5.91 Å². The number of carbonyl (C=O) groups is 2. The van der Waals surface area contributed by atoms with Gasteiger partial charge in [-0.05, 0) is 90.8 Å². The summed E-state index contributed by atoms with van der Waals surface area (Å²) >= 11 is 0. The lowest BCUT2D eigenvalue weighted by atomic mass is 9.70. The highest BCUT2D eigenvalue weighted by molar-refractivity contribution is 7.87. The quantitative estimate of drug-likeness (QED) is 0.290. The first-order chi connectivity index (χ1) is 23.6. The van der Waals surface area contributed by atoms with Gasteiger partial charge in [-0.2, -0.15) is 12.7 Å². The first-order valence-electron chi connectivity index (χ1n) is 18.2. The van der Waals surface area contributed by atoms with E-state index >= 15 is 0 Å². The number of carbonyl (C=O) groups excluding carboxylic acids is 2. The van der Waals surface area contributed by atoms with E-state index in [0.717, 1.165) is 76.3 Å². The number of aliphatic hydroxyl groups is 1. The molecule has 0 radical (unpaired) electrons. The van der Waals surface area contributed by atoms with Gasteiger partial charge in [0.05, 0.1) is 30.4 Å². The highest BCUT2D eigenvalue weighted by Crippen LogP contribution is 2.68. The lowest BCUT2D eigenvalue weighted by Gasteiger charge is -2.37. The summed E-state index contributed by atoms with van der Waals surface area (Å²) in [4.78, 5) is 28.2. The third kappa shape index (κ3) is 4.68. The van der Waals surface area contributed by atoms with Crippen molar-refractivity contribution in [2.75, 3.05) is 21.2 Å². The van der Waals surface area contributed by atoms with Crippen LogP contribution >= 0.6 is 0 Å². The number of rotatable bonds is 7. The Morgan fingerprint density at radius 1 is 1.02 bits per heavy atom. The summed E-state index contributed by atoms with van der Waals surface area (Å²) in [6.45, 7) is 7.04. The van der Waals surface area contributed by atoms with Crippen molar-refractivity contribution in [2.24, 2.45) is 22.2 Å². The van der Waals surface area contributed by atoms with E-state index in [2.05, 4.69) is 47.5 Å². The van der Waals surface area contributed by atoms with Crippen molar-refractivity contribution in [2.45, 2.75) is 103 Å². The van der Waals surface area contributed by atoms with Crippen LogP contribution in [0.25, 0.3) is 22.2 Å². The lowest BCUT2D eigenvalue weighted by molar-refractivity contribution is -0.129. The molecule has 5 aliphatic rings. The molecular weight excluding hydrogens is 653 g/mol. The molecule has 8 rings (SSSR count). The van der Waals surface area contributed by atoms with Crippen LogP contribution in [0.4, 0.5) is 0 Å². The van der Waals surface area contributed by atoms with Crippen LogP contribution in [0.5, 0.6) is 5.75 Å². The minimum absolute atomic E-state index is 0.0350. The number of ether oxygens (including phenoxy) is 1. The maximum Gasteiger partial charge on any atom is 0.303 e. The molecular formula is C39H50N4O6S. The van der Waals surface area contributed by atoms with E-state index in [9.17, 15) is 23.1 Å². The molecule has 11 heteroatoms. The number of hydrogen-bond donors (Lipinski definition) is 3. The van der Waals surface area contributed by atoms with Crippen molar-refractivity contribution in [3.8, 4) is 17.0 Å². The zero-order valence-corrected chi connectivity index (χ0v) is 30.8. The zero-order valence-electron chi connectivity index (χ0n) is 30.0. The van der Waals surface area contributed by atoms with E-state index in [1.165, 1.54) is 26.1 Å². The highest BCUT2D eigenvalue weighted by Gasteiger charge is 2.68. The van der Waals surface area contributed by atoms with Crippen LogP contribution in [0, 0.1) is 22.2 Å². The number of nitrogens with zero attached hydrogens (tertiary/aromatic N) is 2. The first-order valence-corrected chi connectivity index (χ1v) is 19.7. The Bertz CT molecular complexity index is 2030. The molecule has 6 atom stereocenters. The Kier molecular flexibility index (Phi) is 7.62. The van der Waals surface area contributed by atoms with Crippen molar-refractivity contribution in [1.82, 2.24) is 18.9 Å². The molecule has 4 fully saturated rings. The number of aromatic nitrogens is 1. The molecule has 3 unspecified atom stereocenters. The predicted molar refractivity (Wildman–Crippen MR) is 192 cm³/mol. The van der Waals surface area contributed by atoms with Crippen LogP contribution in [0.15, 0.2) is 36.4 Å². The SMILES string of the molecule is COc1ccc2c(c1)C1C[C@@]1(C(=O)N[C@@H]1C3CCC(C)([C@@H]1O)C3(C)C)Cn1c-2c(C2CCCCC2)c2ccc(C(=O)NS(=O)(=O)N(C)C)cc21. The predicted octanol–water partition coefficient (Wildman–Crippen LogP) is 5.69. The van der Waals surface area contributed by atoms with Crippen molar-refractivity contribution >= 4 is 32.9 Å². The van der Waals surface area contributed by atoms with Crippen LogP contribution in [0.1, 0.15) is 105 Å². The first kappa shape index (κ1) is 33.7. The molecule has 2 amide bonds. The molecule has 50 heavy (non-hydrogen) atoms. The Morgan fingerprint density at radius 3 is 2.42 bits per heavy atom. The second kappa shape index (κ2) is 11.3. The molecule has 3 N–H and O–H groups in total. The Morgan fingerprint density at radius 2 is 1.76 bits per heavy atom. The molecule has 4 aliphatic carbocycles. The molecule has 1 aliphatic heterocycles. The lowest BCUT2D eigenvalue weighted by Crippen LogP contribution is -2.51. The Balaban J connectivity index is 1.28. The monoisotopic (exact) mass is 702 g/mol. The number of aliphatic hydroxyl groups excluding tert-OH is 1. The van der Waals surface area contributed by atoms with Gasteiger partial charge in [0, 0.05) is 54.0 Å². The van der Waals surface area contributed by atoms with Gasteiger partial charge in [-0.25, -0.2) is 4.72 Å². The summed E-state index contributed by atoms with van der Waals surface area (Å²) in [6, 6.07) is 11.4. The van der Waals surface area contributed by atoms with Gasteiger partial charge in [-0.3, -0.25) is 9.59 Å². The summed E-state index contributed by atoms with van der Waals surface area (Å²) in [5.41, 5.74) is 4.45. The third-order valence-corrected chi connectivity index (χ3v) is 15.4. The molecule has 2 bridgehead atoms. The van der Waals surface area contributed by atoms with Crippen LogP contribution in [0.2, 0.25) is 0 Å². The summed E-state index contributed by atoms with van der Waals surface area (Å²) in [5.74, 6) is 0.474. The van der Waals surface area contributed by atoms with Gasteiger partial charge in [-0.15, -0.1) is 0 Å². The minimum Gasteiger partial charge on any atom is -0.497 e. The van der Waals surface area contributed by atoms with Crippen molar-refractivity contribution in [3.63, 3.8) is 0 Å². The van der Waals surface area contributed by atoms with Gasteiger partial charge < -0.3 is 19.7 Å². The van der Waals surface area contributed by atoms with Crippen molar-refractivity contribution in [1.29, 1.82) is 0 Å². The van der Waals surface area contributed by atoms with Crippen LogP contribution in [-0.4, -0.2) is 67.6 Å². The van der Waals surface area contributed by atoms with Crippen LogP contribution in [-0.2, 0) is 21.5 Å². The molecule has 4 saturated carbocycles. The van der Waals surface area contributed by atoms with Crippen molar-refractivity contribution in [3.05, 3.63) is 53.1 Å². The van der Waals surface area contributed by atoms with Gasteiger partial charge in [0.2, 0.25) is 5.91 Å². The number of hydrogen-bond acceptors (Lipinski definition) is 6. The fourth-order valence-corrected chi connectivity index (χ4v) is 11.1. The van der Waals surface area contributed by atoms with Gasteiger partial charge >= 0.3 is 10.2 Å². The van der Waals surface area contributed by atoms with Gasteiger partial charge in [0.1, 0.15) is 5.75 Å². The number of methoxy groups -OCH3 is 1. The molecule has 0 spiro atoms. The second-order valence-corrected chi connectivity index (χ2v) is 18.6. The molecule has 1 aromatic heterocycles. The molecule has 3 aromatic rings. The van der Waals surface area contributed by atoms with Crippen molar-refractivity contribution < 1.29 is 27.9 Å². The number of benzene rings is 2. The maximum absolute atomic E-state index is 14.8. The van der Waals surface area contributed by atoms with E-state index in [-0.39, 0.29) is 40.2 Å². The molecule has 268 valence electrons. The highest BCUT2D eigenvalue weighted by atomic mass is 32.2. The summed E-state index contributed by atoms with van der Waals surface area (Å²) in [6.07, 6.45) is 7.59. The fraction of sp³-hybridized carbons (Fsp3) is 0.590. The van der Waals surface area contributed by atoms with E-state index in [0.29, 0.717) is 18.9 Å². The molecule has 0 saturated heterocycles. The van der Waals surface area contributed by atoms with Crippen LogP contribution in [0.3, 0.4) is 0 Å². The maximum atomic E-state index is 14.8. The molecule has 2 heterocycles. The number of fused-ring (bicyclic) bond motifs is 9. The van der Waals surface area contributed by atoms with E-state index in [1.54, 1.807) is 19.2 Å². The molecule has 10 nitrogen and oxygen atoms in total. The average Bonchev–Trinajstić information content (AvgIpc) is 3.66. The minimum atomic E-state index is -3.99. The number of nitrogens with one attached hydrogen (secondary N) is 2. The second-order valence-electron chi connectivity index (χ2n) is 16.7. The van der Waals surface area contributed by atoms with Crippen LogP contribution < -0.4 is 14.8 Å². The fourth-order valence-electron chi connectivity index (χ4n) is 10.5. The van der Waals surface area contributed by atoms with E-state index < -0.39 is 27.6 Å². The summed E-state index contributed by atoms with van der Waals surface area (Å²) < 4.78 is 36.4. The summed E-state index contributed by atoms with van der Waals surface area (Å²) in [7, 11) is 0.424. The standard InChI is InChI=1S/C39H50N4O6S/c1-37(2)28-16-17-38(37,3)34(44)32(28)40-36(46)39-20-29(39)27-19-24(49-6)13-15-25(27)33-31(22-10-8-7-9-11-22)26-14-12-23(18-30(26)43(33)21-39)35(45)41-50(47,48)42(4)5/h12-15,18-19,22,28-29,32,34,44H,7-11,16-17,20-21H2,1-6H3,(H,40,46)(H,41,45)/t28?,29?,32-,34-,38?,39-/m1/s1. The normalized spacial score (nSPS) is 31.1. The Labute approximate surface area is 295 Å². The molecule has 2 aromatic carbocycles. The zero-order chi connectivity index (χ0) is 35.5. The average molecular weight is 703 g/mol. The van der Waals surface area contributed by atoms with E-state index in [1.807, 2.05) is 12.1 Å². The number of amides is 2. The largest absolute Gasteiger partial charge is 0.497 e. The van der Waals surface area contributed by atoms with E-state index in [4.69, 9.17) is 4.74 Å². The summed E-state index contributed by atoms with van der Waals surface area (Å²) in [5, 5.41) is 16.1. The Hall–Kier alpha value is -3.41. The van der Waals surface area contributed by atoms with Gasteiger partial charge in [0.15, 0.2) is 0 Å². The third-order valence-electron chi connectivity index (χ3n) is 14.0.